The first-order valence-corrected chi connectivity index (χ1v) is 9.92. The molecule has 1 aliphatic heterocycles. The molecule has 0 aromatic heterocycles. The van der Waals surface area contributed by atoms with Crippen LogP contribution in [0, 0.1) is 0 Å². The Morgan fingerprint density at radius 1 is 1.04 bits per heavy atom. The van der Waals surface area contributed by atoms with Crippen molar-refractivity contribution in [2.75, 3.05) is 24.6 Å². The second-order valence-electron chi connectivity index (χ2n) is 6.93. The number of hydrogen-bond donors (Lipinski definition) is 0. The maximum absolute atomic E-state index is 11.9. The van der Waals surface area contributed by atoms with Crippen LogP contribution in [0.1, 0.15) is 54.9 Å². The molecule has 0 aliphatic carbocycles. The molecule has 0 saturated carbocycles. The zero-order chi connectivity index (χ0) is 18.9. The number of ether oxygens (including phenoxy) is 1. The molecule has 4 heteroatoms. The molecule has 0 radical (unpaired) electrons. The van der Waals surface area contributed by atoms with Gasteiger partial charge in [-0.05, 0) is 67.6 Å². The average molecular weight is 364 g/mol. The molecule has 0 atom stereocenters. The Hall–Kier alpha value is -2.62. The van der Waals surface area contributed by atoms with Crippen LogP contribution < -0.4 is 4.90 Å². The monoisotopic (exact) mass is 364 g/mol. The number of nitrogens with zero attached hydrogens (tertiary/aromatic N) is 2. The molecule has 3 rings (SSSR count). The van der Waals surface area contributed by atoms with Gasteiger partial charge >= 0.3 is 5.97 Å². The number of carbonyl (C=O) groups is 1. The Morgan fingerprint density at radius 3 is 2.41 bits per heavy atom. The lowest BCUT2D eigenvalue weighted by atomic mass is 10.1. The number of anilines is 1. The molecule has 0 amide bonds. The van der Waals surface area contributed by atoms with Gasteiger partial charge in [-0.1, -0.05) is 25.5 Å². The normalized spacial score (nSPS) is 14.5. The molecule has 27 heavy (non-hydrogen) atoms. The van der Waals surface area contributed by atoms with Crippen LogP contribution >= 0.6 is 0 Å². The minimum absolute atomic E-state index is 0.271. The summed E-state index contributed by atoms with van der Waals surface area (Å²) in [5, 5.41) is 0. The largest absolute Gasteiger partial charge is 0.462 e. The van der Waals surface area contributed by atoms with E-state index in [0.717, 1.165) is 37.2 Å². The molecule has 0 bridgehead atoms. The first kappa shape index (κ1) is 19.2. The van der Waals surface area contributed by atoms with E-state index in [0.29, 0.717) is 12.2 Å². The lowest BCUT2D eigenvalue weighted by Crippen LogP contribution is -2.29. The molecule has 1 saturated heterocycles. The Labute approximate surface area is 161 Å². The van der Waals surface area contributed by atoms with Crippen LogP contribution in [0.5, 0.6) is 0 Å². The van der Waals surface area contributed by atoms with E-state index in [2.05, 4.69) is 41.1 Å². The molecule has 1 heterocycles. The first-order chi connectivity index (χ1) is 13.3. The molecule has 1 aliphatic rings. The third kappa shape index (κ3) is 5.68. The van der Waals surface area contributed by atoms with Crippen molar-refractivity contribution >= 4 is 23.6 Å². The molecule has 2 aromatic rings. The van der Waals surface area contributed by atoms with Gasteiger partial charge in [0.1, 0.15) is 0 Å². The van der Waals surface area contributed by atoms with Crippen molar-refractivity contribution in [1.82, 2.24) is 0 Å². The van der Waals surface area contributed by atoms with Crippen LogP contribution in [0.25, 0.3) is 0 Å². The van der Waals surface area contributed by atoms with Gasteiger partial charge in [-0.25, -0.2) is 4.79 Å². The standard InChI is InChI=1S/C23H28N2O2/c1-2-3-17-27-23(26)20-9-11-21(12-10-20)24-18-19-7-13-22(14-8-19)25-15-5-4-6-16-25/h7-14,18H,2-6,15-17H2,1H3. The summed E-state index contributed by atoms with van der Waals surface area (Å²) in [5.41, 5.74) is 3.74. The van der Waals surface area contributed by atoms with Crippen LogP contribution in [0.4, 0.5) is 11.4 Å². The van der Waals surface area contributed by atoms with E-state index >= 15 is 0 Å². The summed E-state index contributed by atoms with van der Waals surface area (Å²) in [6, 6.07) is 15.8. The minimum atomic E-state index is -0.271. The van der Waals surface area contributed by atoms with E-state index in [4.69, 9.17) is 4.74 Å². The molecular formula is C23H28N2O2. The second-order valence-corrected chi connectivity index (χ2v) is 6.93. The van der Waals surface area contributed by atoms with Crippen molar-refractivity contribution in [3.05, 3.63) is 59.7 Å². The number of hydrogen-bond acceptors (Lipinski definition) is 4. The van der Waals surface area contributed by atoms with Gasteiger partial charge in [0.15, 0.2) is 0 Å². The third-order valence-electron chi connectivity index (χ3n) is 4.81. The molecule has 0 spiro atoms. The van der Waals surface area contributed by atoms with Crippen molar-refractivity contribution in [1.29, 1.82) is 0 Å². The van der Waals surface area contributed by atoms with Gasteiger partial charge in [0.2, 0.25) is 0 Å². The van der Waals surface area contributed by atoms with Gasteiger partial charge < -0.3 is 9.64 Å². The van der Waals surface area contributed by atoms with Gasteiger partial charge in [0, 0.05) is 25.0 Å². The van der Waals surface area contributed by atoms with Crippen LogP contribution in [-0.4, -0.2) is 31.9 Å². The summed E-state index contributed by atoms with van der Waals surface area (Å²) in [7, 11) is 0. The quantitative estimate of drug-likeness (QED) is 0.376. The number of esters is 1. The van der Waals surface area contributed by atoms with Crippen molar-refractivity contribution in [3.63, 3.8) is 0 Å². The first-order valence-electron chi connectivity index (χ1n) is 9.92. The maximum Gasteiger partial charge on any atom is 0.338 e. The SMILES string of the molecule is CCCCOC(=O)c1ccc(N=Cc2ccc(N3CCCCC3)cc2)cc1. The lowest BCUT2D eigenvalue weighted by Gasteiger charge is -2.28. The number of rotatable bonds is 7. The van der Waals surface area contributed by atoms with E-state index in [1.54, 1.807) is 12.1 Å². The fourth-order valence-corrected chi connectivity index (χ4v) is 3.15. The summed E-state index contributed by atoms with van der Waals surface area (Å²) >= 11 is 0. The van der Waals surface area contributed by atoms with Crippen molar-refractivity contribution in [2.45, 2.75) is 39.0 Å². The van der Waals surface area contributed by atoms with Crippen LogP contribution in [0.2, 0.25) is 0 Å². The summed E-state index contributed by atoms with van der Waals surface area (Å²) in [6.07, 6.45) is 7.67. The zero-order valence-corrected chi connectivity index (χ0v) is 16.1. The highest BCUT2D eigenvalue weighted by Gasteiger charge is 2.10. The van der Waals surface area contributed by atoms with Gasteiger partial charge in [-0.2, -0.15) is 0 Å². The molecule has 0 unspecified atom stereocenters. The number of piperidine rings is 1. The second kappa shape index (κ2) is 9.91. The highest BCUT2D eigenvalue weighted by atomic mass is 16.5. The van der Waals surface area contributed by atoms with E-state index in [9.17, 15) is 4.79 Å². The van der Waals surface area contributed by atoms with E-state index < -0.39 is 0 Å². The highest BCUT2D eigenvalue weighted by Crippen LogP contribution is 2.20. The van der Waals surface area contributed by atoms with E-state index in [-0.39, 0.29) is 5.97 Å². The molecular weight excluding hydrogens is 336 g/mol. The predicted octanol–water partition coefficient (Wildman–Crippen LogP) is 5.38. The van der Waals surface area contributed by atoms with Crippen LogP contribution in [-0.2, 0) is 4.74 Å². The Kier molecular flexibility index (Phi) is 7.03. The van der Waals surface area contributed by atoms with Crippen LogP contribution in [0.15, 0.2) is 53.5 Å². The van der Waals surface area contributed by atoms with E-state index in [1.807, 2.05) is 18.3 Å². The fraction of sp³-hybridized carbons (Fsp3) is 0.391. The smallest absolute Gasteiger partial charge is 0.338 e. The van der Waals surface area contributed by atoms with Crippen molar-refractivity contribution in [3.8, 4) is 0 Å². The number of benzene rings is 2. The molecule has 142 valence electrons. The number of carbonyl (C=O) groups excluding carboxylic acids is 1. The molecule has 2 aromatic carbocycles. The van der Waals surface area contributed by atoms with E-state index in [1.165, 1.54) is 24.9 Å². The van der Waals surface area contributed by atoms with Gasteiger partial charge in [0.05, 0.1) is 17.9 Å². The predicted molar refractivity (Wildman–Crippen MR) is 111 cm³/mol. The van der Waals surface area contributed by atoms with Crippen LogP contribution in [0.3, 0.4) is 0 Å². The maximum atomic E-state index is 11.9. The highest BCUT2D eigenvalue weighted by molar-refractivity contribution is 5.90. The molecule has 0 N–H and O–H groups in total. The van der Waals surface area contributed by atoms with Gasteiger partial charge in [-0.15, -0.1) is 0 Å². The zero-order valence-electron chi connectivity index (χ0n) is 16.1. The number of aliphatic imine (C=N–C) groups is 1. The summed E-state index contributed by atoms with van der Waals surface area (Å²) in [5.74, 6) is -0.271. The number of unbranched alkanes of at least 4 members (excludes halogenated alkanes) is 1. The van der Waals surface area contributed by atoms with Crippen molar-refractivity contribution < 1.29 is 9.53 Å². The van der Waals surface area contributed by atoms with Crippen molar-refractivity contribution in [2.24, 2.45) is 4.99 Å². The topological polar surface area (TPSA) is 41.9 Å². The average Bonchev–Trinajstić information content (AvgIpc) is 2.74. The molecule has 4 nitrogen and oxygen atoms in total. The Balaban J connectivity index is 1.56. The minimum Gasteiger partial charge on any atom is -0.462 e. The summed E-state index contributed by atoms with van der Waals surface area (Å²) in [4.78, 5) is 18.9. The van der Waals surface area contributed by atoms with Gasteiger partial charge in [0.25, 0.3) is 0 Å². The van der Waals surface area contributed by atoms with Gasteiger partial charge in [-0.3, -0.25) is 4.99 Å². The fourth-order valence-electron chi connectivity index (χ4n) is 3.15. The lowest BCUT2D eigenvalue weighted by molar-refractivity contribution is 0.0500. The summed E-state index contributed by atoms with van der Waals surface area (Å²) < 4.78 is 5.22. The Bertz CT molecular complexity index is 745. The summed E-state index contributed by atoms with van der Waals surface area (Å²) in [6.45, 7) is 4.85. The third-order valence-corrected chi connectivity index (χ3v) is 4.81. The Morgan fingerprint density at radius 2 is 1.74 bits per heavy atom. The molecule has 1 fully saturated rings.